The zero-order valence-electron chi connectivity index (χ0n) is 13.8. The molecule has 0 saturated carbocycles. The molecule has 2 heterocycles. The highest BCUT2D eigenvalue weighted by atomic mass is 16.5. The number of nitrogens with one attached hydrogen (secondary N) is 1. The van der Waals surface area contributed by atoms with Crippen LogP contribution in [-0.2, 0) is 17.8 Å². The molecule has 2 rings (SSSR count). The van der Waals surface area contributed by atoms with Crippen LogP contribution in [0.2, 0.25) is 0 Å². The van der Waals surface area contributed by atoms with Gasteiger partial charge >= 0.3 is 0 Å². The van der Waals surface area contributed by atoms with Crippen LogP contribution in [0.25, 0.3) is 0 Å². The van der Waals surface area contributed by atoms with Gasteiger partial charge in [-0.15, -0.1) is 0 Å². The van der Waals surface area contributed by atoms with E-state index in [1.54, 1.807) is 7.11 Å². The number of aryl methyl sites for hydroxylation is 2. The summed E-state index contributed by atoms with van der Waals surface area (Å²) in [5.41, 5.74) is 3.80. The molecular weight excluding hydrogens is 264 g/mol. The Labute approximate surface area is 128 Å². The van der Waals surface area contributed by atoms with Gasteiger partial charge in [-0.25, -0.2) is 0 Å². The molecule has 0 unspecified atom stereocenters. The van der Waals surface area contributed by atoms with E-state index in [9.17, 15) is 0 Å². The van der Waals surface area contributed by atoms with Gasteiger partial charge in [-0.05, 0) is 52.7 Å². The first kappa shape index (κ1) is 16.5. The molecule has 1 fully saturated rings. The van der Waals surface area contributed by atoms with E-state index >= 15 is 0 Å². The Morgan fingerprint density at radius 1 is 1.19 bits per heavy atom. The average molecular weight is 294 g/mol. The van der Waals surface area contributed by atoms with Gasteiger partial charge < -0.3 is 15.0 Å². The van der Waals surface area contributed by atoms with Gasteiger partial charge in [0.1, 0.15) is 0 Å². The fraction of sp³-hybridized carbons (Fsp3) is 0.812. The molecule has 0 amide bonds. The third kappa shape index (κ3) is 4.80. The van der Waals surface area contributed by atoms with E-state index in [2.05, 4.69) is 28.7 Å². The summed E-state index contributed by atoms with van der Waals surface area (Å²) >= 11 is 0. The largest absolute Gasteiger partial charge is 0.383 e. The van der Waals surface area contributed by atoms with Crippen LogP contribution in [0, 0.1) is 13.8 Å². The van der Waals surface area contributed by atoms with E-state index in [1.807, 2.05) is 0 Å². The Morgan fingerprint density at radius 3 is 2.67 bits per heavy atom. The Kier molecular flexibility index (Phi) is 6.67. The molecule has 0 radical (unpaired) electrons. The van der Waals surface area contributed by atoms with Gasteiger partial charge in [-0.2, -0.15) is 5.10 Å². The van der Waals surface area contributed by atoms with E-state index in [0.29, 0.717) is 0 Å². The van der Waals surface area contributed by atoms with Crippen LogP contribution in [0.1, 0.15) is 36.2 Å². The van der Waals surface area contributed by atoms with Crippen LogP contribution in [0.4, 0.5) is 0 Å². The molecule has 0 aromatic carbocycles. The maximum Gasteiger partial charge on any atom is 0.0641 e. The molecule has 120 valence electrons. The van der Waals surface area contributed by atoms with E-state index in [-0.39, 0.29) is 0 Å². The molecule has 5 nitrogen and oxygen atoms in total. The first-order chi connectivity index (χ1) is 10.2. The Morgan fingerprint density at radius 2 is 1.95 bits per heavy atom. The highest BCUT2D eigenvalue weighted by Gasteiger charge is 2.13. The topological polar surface area (TPSA) is 42.3 Å². The first-order valence-corrected chi connectivity index (χ1v) is 8.17. The van der Waals surface area contributed by atoms with Gasteiger partial charge in [-0.1, -0.05) is 0 Å². The summed E-state index contributed by atoms with van der Waals surface area (Å²) in [5.74, 6) is 0. The Hall–Kier alpha value is -0.910. The van der Waals surface area contributed by atoms with Crippen molar-refractivity contribution in [1.29, 1.82) is 0 Å². The predicted octanol–water partition coefficient (Wildman–Crippen LogP) is 1.72. The molecule has 1 aliphatic heterocycles. The molecule has 5 heteroatoms. The average Bonchev–Trinajstić information content (AvgIpc) is 3.06. The maximum atomic E-state index is 5.06. The lowest BCUT2D eigenvalue weighted by Crippen LogP contribution is -2.22. The monoisotopic (exact) mass is 294 g/mol. The molecule has 1 aromatic heterocycles. The molecule has 1 aromatic rings. The summed E-state index contributed by atoms with van der Waals surface area (Å²) in [5, 5.41) is 8.11. The third-order valence-electron chi connectivity index (χ3n) is 4.36. The van der Waals surface area contributed by atoms with E-state index < -0.39 is 0 Å². The molecule has 0 aliphatic carbocycles. The quantitative estimate of drug-likeness (QED) is 0.704. The van der Waals surface area contributed by atoms with Crippen molar-refractivity contribution in [1.82, 2.24) is 20.0 Å². The SMILES string of the molecule is COCCNCc1c(C)nn(CCCN2CCCC2)c1C. The molecule has 1 N–H and O–H groups in total. The van der Waals surface area contributed by atoms with Crippen LogP contribution >= 0.6 is 0 Å². The molecule has 0 bridgehead atoms. The second kappa shape index (κ2) is 8.51. The fourth-order valence-electron chi connectivity index (χ4n) is 3.05. The molecule has 1 saturated heterocycles. The minimum Gasteiger partial charge on any atom is -0.383 e. The van der Waals surface area contributed by atoms with Crippen molar-refractivity contribution >= 4 is 0 Å². The van der Waals surface area contributed by atoms with Gasteiger partial charge in [0.2, 0.25) is 0 Å². The number of hydrogen-bond donors (Lipinski definition) is 1. The van der Waals surface area contributed by atoms with Gasteiger partial charge in [0.15, 0.2) is 0 Å². The minimum atomic E-state index is 0.752. The van der Waals surface area contributed by atoms with Crippen molar-refractivity contribution in [2.75, 3.05) is 39.9 Å². The highest BCUT2D eigenvalue weighted by molar-refractivity contribution is 5.24. The zero-order chi connectivity index (χ0) is 15.1. The second-order valence-electron chi connectivity index (χ2n) is 5.94. The van der Waals surface area contributed by atoms with Crippen molar-refractivity contribution < 1.29 is 4.74 Å². The Balaban J connectivity index is 1.79. The van der Waals surface area contributed by atoms with Crippen LogP contribution in [0.3, 0.4) is 0 Å². The third-order valence-corrected chi connectivity index (χ3v) is 4.36. The number of rotatable bonds is 9. The van der Waals surface area contributed by atoms with Crippen LogP contribution in [0.5, 0.6) is 0 Å². The van der Waals surface area contributed by atoms with E-state index in [1.165, 1.54) is 50.2 Å². The summed E-state index contributed by atoms with van der Waals surface area (Å²) in [6.07, 6.45) is 3.94. The summed E-state index contributed by atoms with van der Waals surface area (Å²) < 4.78 is 7.24. The number of ether oxygens (including phenoxy) is 1. The Bertz CT molecular complexity index is 424. The molecule has 0 atom stereocenters. The number of nitrogens with zero attached hydrogens (tertiary/aromatic N) is 3. The van der Waals surface area contributed by atoms with Crippen molar-refractivity contribution in [3.8, 4) is 0 Å². The molecule has 1 aliphatic rings. The van der Waals surface area contributed by atoms with Crippen LogP contribution < -0.4 is 5.32 Å². The zero-order valence-corrected chi connectivity index (χ0v) is 13.8. The fourth-order valence-corrected chi connectivity index (χ4v) is 3.05. The van der Waals surface area contributed by atoms with Crippen LogP contribution in [0.15, 0.2) is 0 Å². The summed E-state index contributed by atoms with van der Waals surface area (Å²) in [7, 11) is 1.73. The van der Waals surface area contributed by atoms with E-state index in [4.69, 9.17) is 9.84 Å². The predicted molar refractivity (Wildman–Crippen MR) is 85.6 cm³/mol. The van der Waals surface area contributed by atoms with Crippen LogP contribution in [-0.4, -0.2) is 54.6 Å². The standard InChI is InChI=1S/C16H30N4O/c1-14-16(13-17-7-12-21-3)15(2)20(18-14)11-6-10-19-8-4-5-9-19/h17H,4-13H2,1-3H3. The summed E-state index contributed by atoms with van der Waals surface area (Å²) in [4.78, 5) is 2.57. The maximum absolute atomic E-state index is 5.06. The summed E-state index contributed by atoms with van der Waals surface area (Å²) in [6.45, 7) is 11.6. The minimum absolute atomic E-state index is 0.752. The van der Waals surface area contributed by atoms with Gasteiger partial charge in [0, 0.05) is 38.0 Å². The van der Waals surface area contributed by atoms with Gasteiger partial charge in [-0.3, -0.25) is 4.68 Å². The molecule has 0 spiro atoms. The van der Waals surface area contributed by atoms with Crippen molar-refractivity contribution in [2.24, 2.45) is 0 Å². The number of methoxy groups -OCH3 is 1. The van der Waals surface area contributed by atoms with Crippen molar-refractivity contribution in [3.05, 3.63) is 17.0 Å². The molecular formula is C16H30N4O. The van der Waals surface area contributed by atoms with Crippen molar-refractivity contribution in [3.63, 3.8) is 0 Å². The van der Waals surface area contributed by atoms with Crippen molar-refractivity contribution in [2.45, 2.75) is 46.2 Å². The highest BCUT2D eigenvalue weighted by Crippen LogP contribution is 2.14. The van der Waals surface area contributed by atoms with Gasteiger partial charge in [0.25, 0.3) is 0 Å². The number of hydrogen-bond acceptors (Lipinski definition) is 4. The lowest BCUT2D eigenvalue weighted by Gasteiger charge is -2.14. The number of aromatic nitrogens is 2. The summed E-state index contributed by atoms with van der Waals surface area (Å²) in [6, 6.07) is 0. The smallest absolute Gasteiger partial charge is 0.0641 e. The number of likely N-dealkylation sites (tertiary alicyclic amines) is 1. The van der Waals surface area contributed by atoms with E-state index in [0.717, 1.165) is 31.9 Å². The normalized spacial score (nSPS) is 16.0. The molecule has 21 heavy (non-hydrogen) atoms. The van der Waals surface area contributed by atoms with Gasteiger partial charge in [0.05, 0.1) is 12.3 Å². The lowest BCUT2D eigenvalue weighted by molar-refractivity contribution is 0.199. The second-order valence-corrected chi connectivity index (χ2v) is 5.94. The lowest BCUT2D eigenvalue weighted by atomic mass is 10.2. The first-order valence-electron chi connectivity index (χ1n) is 8.17.